The first kappa shape index (κ1) is 9.00. The Morgan fingerprint density at radius 3 is 3.00 bits per heavy atom. The van der Waals surface area contributed by atoms with Crippen molar-refractivity contribution in [2.24, 2.45) is 11.8 Å². The Morgan fingerprint density at radius 2 is 2.31 bits per heavy atom. The number of fused-ring (bicyclic) bond motifs is 2. The van der Waals surface area contributed by atoms with Crippen molar-refractivity contribution in [1.82, 2.24) is 5.32 Å². The summed E-state index contributed by atoms with van der Waals surface area (Å²) in [6, 6.07) is 1.19. The zero-order valence-electron chi connectivity index (χ0n) is 7.99. The highest BCUT2D eigenvalue weighted by molar-refractivity contribution is 5.67. The third-order valence-electron chi connectivity index (χ3n) is 3.68. The molecule has 3 heteroatoms. The molecule has 2 heterocycles. The summed E-state index contributed by atoms with van der Waals surface area (Å²) in [5.74, 6) is 0.296. The quantitative estimate of drug-likeness (QED) is 0.677. The van der Waals surface area contributed by atoms with Crippen molar-refractivity contribution in [3.8, 4) is 0 Å². The molecule has 2 aliphatic heterocycles. The number of carboxylic acid groups (broad SMARTS) is 1. The van der Waals surface area contributed by atoms with Crippen LogP contribution >= 0.6 is 0 Å². The van der Waals surface area contributed by atoms with E-state index in [9.17, 15) is 4.79 Å². The molecule has 74 valence electrons. The molecular weight excluding hydrogens is 166 g/mol. The van der Waals surface area contributed by atoms with Gasteiger partial charge in [0.05, 0.1) is 0 Å². The van der Waals surface area contributed by atoms with Crippen molar-refractivity contribution in [3.63, 3.8) is 0 Å². The monoisotopic (exact) mass is 183 g/mol. The number of hydrogen-bond donors (Lipinski definition) is 2. The standard InChI is InChI=1S/C10H17NO2/c1-6-7(5-10(12)13)4-8-2-3-9(6)11-8/h6-9,11H,2-5H2,1H3,(H,12,13). The Bertz CT molecular complexity index is 217. The van der Waals surface area contributed by atoms with E-state index in [4.69, 9.17) is 5.11 Å². The summed E-state index contributed by atoms with van der Waals surface area (Å²) in [7, 11) is 0. The van der Waals surface area contributed by atoms with Crippen molar-refractivity contribution in [3.05, 3.63) is 0 Å². The van der Waals surface area contributed by atoms with Gasteiger partial charge in [0.15, 0.2) is 0 Å². The van der Waals surface area contributed by atoms with Crippen molar-refractivity contribution in [2.75, 3.05) is 0 Å². The number of carboxylic acids is 1. The fourth-order valence-electron chi connectivity index (χ4n) is 2.85. The first-order chi connectivity index (χ1) is 6.16. The molecule has 0 aliphatic carbocycles. The topological polar surface area (TPSA) is 49.3 Å². The molecule has 3 nitrogen and oxygen atoms in total. The summed E-state index contributed by atoms with van der Waals surface area (Å²) in [5, 5.41) is 12.3. The van der Waals surface area contributed by atoms with E-state index in [-0.39, 0.29) is 0 Å². The van der Waals surface area contributed by atoms with Crippen LogP contribution in [0, 0.1) is 11.8 Å². The summed E-state index contributed by atoms with van der Waals surface area (Å²) < 4.78 is 0. The van der Waals surface area contributed by atoms with E-state index >= 15 is 0 Å². The van der Waals surface area contributed by atoms with Gasteiger partial charge in [0.1, 0.15) is 0 Å². The molecule has 2 bridgehead atoms. The highest BCUT2D eigenvalue weighted by Gasteiger charge is 2.39. The van der Waals surface area contributed by atoms with E-state index in [1.54, 1.807) is 0 Å². The van der Waals surface area contributed by atoms with Crippen LogP contribution in [0.2, 0.25) is 0 Å². The first-order valence-electron chi connectivity index (χ1n) is 5.14. The van der Waals surface area contributed by atoms with Crippen LogP contribution < -0.4 is 5.32 Å². The number of nitrogens with one attached hydrogen (secondary N) is 1. The molecule has 2 rings (SSSR count). The molecule has 0 saturated carbocycles. The normalized spacial score (nSPS) is 43.5. The Balaban J connectivity index is 2.00. The maximum Gasteiger partial charge on any atom is 0.303 e. The van der Waals surface area contributed by atoms with E-state index in [0.29, 0.717) is 30.3 Å². The first-order valence-corrected chi connectivity index (χ1v) is 5.14. The molecule has 4 unspecified atom stereocenters. The van der Waals surface area contributed by atoms with Gasteiger partial charge in [0.2, 0.25) is 0 Å². The van der Waals surface area contributed by atoms with Gasteiger partial charge in [-0.2, -0.15) is 0 Å². The molecule has 0 aromatic carbocycles. The minimum atomic E-state index is -0.641. The van der Waals surface area contributed by atoms with E-state index in [1.165, 1.54) is 12.8 Å². The molecule has 4 atom stereocenters. The molecule has 2 aliphatic rings. The zero-order valence-corrected chi connectivity index (χ0v) is 7.99. The number of piperidine rings is 1. The lowest BCUT2D eigenvalue weighted by Gasteiger charge is -2.34. The van der Waals surface area contributed by atoms with Crippen LogP contribution in [0.5, 0.6) is 0 Å². The molecule has 0 aromatic heterocycles. The lowest BCUT2D eigenvalue weighted by atomic mass is 9.80. The largest absolute Gasteiger partial charge is 0.481 e. The maximum atomic E-state index is 10.6. The Morgan fingerprint density at radius 1 is 1.54 bits per heavy atom. The molecule has 0 radical (unpaired) electrons. The van der Waals surface area contributed by atoms with Crippen molar-refractivity contribution >= 4 is 5.97 Å². The molecule has 0 spiro atoms. The summed E-state index contributed by atoms with van der Waals surface area (Å²) in [6.45, 7) is 2.19. The van der Waals surface area contributed by atoms with Crippen LogP contribution in [0.1, 0.15) is 32.6 Å². The highest BCUT2D eigenvalue weighted by atomic mass is 16.4. The minimum Gasteiger partial charge on any atom is -0.481 e. The fourth-order valence-corrected chi connectivity index (χ4v) is 2.85. The van der Waals surface area contributed by atoms with Crippen molar-refractivity contribution in [1.29, 1.82) is 0 Å². The van der Waals surface area contributed by atoms with Crippen LogP contribution in [-0.2, 0) is 4.79 Å². The zero-order chi connectivity index (χ0) is 9.42. The van der Waals surface area contributed by atoms with Gasteiger partial charge in [0.25, 0.3) is 0 Å². The third-order valence-corrected chi connectivity index (χ3v) is 3.68. The number of carbonyl (C=O) groups is 1. The molecular formula is C10H17NO2. The van der Waals surface area contributed by atoms with E-state index in [2.05, 4.69) is 12.2 Å². The van der Waals surface area contributed by atoms with Crippen LogP contribution in [0.25, 0.3) is 0 Å². The van der Waals surface area contributed by atoms with Gasteiger partial charge in [-0.25, -0.2) is 0 Å². The number of rotatable bonds is 2. The smallest absolute Gasteiger partial charge is 0.303 e. The lowest BCUT2D eigenvalue weighted by Crippen LogP contribution is -2.44. The van der Waals surface area contributed by atoms with Crippen LogP contribution in [0.15, 0.2) is 0 Å². The summed E-state index contributed by atoms with van der Waals surface area (Å²) >= 11 is 0. The summed E-state index contributed by atoms with van der Waals surface area (Å²) in [6.07, 6.45) is 3.90. The molecule has 0 aromatic rings. The summed E-state index contributed by atoms with van der Waals surface area (Å²) in [5.41, 5.74) is 0. The van der Waals surface area contributed by atoms with Gasteiger partial charge >= 0.3 is 5.97 Å². The number of aliphatic carboxylic acids is 1. The van der Waals surface area contributed by atoms with E-state index in [1.807, 2.05) is 0 Å². The number of hydrogen-bond acceptors (Lipinski definition) is 2. The predicted molar refractivity (Wildman–Crippen MR) is 49.5 cm³/mol. The van der Waals surface area contributed by atoms with Crippen LogP contribution in [0.3, 0.4) is 0 Å². The van der Waals surface area contributed by atoms with E-state index < -0.39 is 5.97 Å². The Hall–Kier alpha value is -0.570. The minimum absolute atomic E-state index is 0.357. The predicted octanol–water partition coefficient (Wildman–Crippen LogP) is 1.24. The van der Waals surface area contributed by atoms with Crippen molar-refractivity contribution in [2.45, 2.75) is 44.7 Å². The average Bonchev–Trinajstić information content (AvgIpc) is 2.44. The molecule has 2 saturated heterocycles. The second-order valence-electron chi connectivity index (χ2n) is 4.50. The lowest BCUT2D eigenvalue weighted by molar-refractivity contribution is -0.138. The molecule has 2 N–H and O–H groups in total. The second-order valence-corrected chi connectivity index (χ2v) is 4.50. The fraction of sp³-hybridized carbons (Fsp3) is 0.900. The molecule has 0 amide bonds. The SMILES string of the molecule is CC1C(CC(=O)O)CC2CCC1N2. The van der Waals surface area contributed by atoms with Gasteiger partial charge in [0, 0.05) is 18.5 Å². The Labute approximate surface area is 78.5 Å². The maximum absolute atomic E-state index is 10.6. The van der Waals surface area contributed by atoms with Crippen molar-refractivity contribution < 1.29 is 9.90 Å². The molecule has 13 heavy (non-hydrogen) atoms. The van der Waals surface area contributed by atoms with Gasteiger partial charge in [-0.15, -0.1) is 0 Å². The highest BCUT2D eigenvalue weighted by Crippen LogP contribution is 2.36. The second kappa shape index (κ2) is 3.29. The van der Waals surface area contributed by atoms with E-state index in [0.717, 1.165) is 6.42 Å². The summed E-state index contributed by atoms with van der Waals surface area (Å²) in [4.78, 5) is 10.6. The van der Waals surface area contributed by atoms with Gasteiger partial charge in [-0.05, 0) is 31.1 Å². The third kappa shape index (κ3) is 1.70. The van der Waals surface area contributed by atoms with Gasteiger partial charge < -0.3 is 10.4 Å². The van der Waals surface area contributed by atoms with Gasteiger partial charge in [-0.3, -0.25) is 4.79 Å². The average molecular weight is 183 g/mol. The van der Waals surface area contributed by atoms with Crippen LogP contribution in [0.4, 0.5) is 0 Å². The molecule has 2 fully saturated rings. The van der Waals surface area contributed by atoms with Crippen LogP contribution in [-0.4, -0.2) is 23.2 Å². The Kier molecular flexibility index (Phi) is 2.28. The van der Waals surface area contributed by atoms with Gasteiger partial charge in [-0.1, -0.05) is 6.92 Å².